The lowest BCUT2D eigenvalue weighted by Gasteiger charge is -2.32. The third-order valence-electron chi connectivity index (χ3n) is 4.91. The van der Waals surface area contributed by atoms with Crippen molar-refractivity contribution < 1.29 is 8.42 Å². The summed E-state index contributed by atoms with van der Waals surface area (Å²) in [7, 11) is -4.84. The number of rotatable bonds is 6. The average Bonchev–Trinajstić information content (AvgIpc) is 2.53. The molecule has 0 saturated heterocycles. The highest BCUT2D eigenvalue weighted by Crippen LogP contribution is 2.40. The molecule has 0 fully saturated rings. The topological polar surface area (TPSA) is 34.1 Å². The van der Waals surface area contributed by atoms with Crippen LogP contribution in [0.25, 0.3) is 0 Å². The number of aryl methyl sites for hydroxylation is 1. The van der Waals surface area contributed by atoms with Crippen molar-refractivity contribution in [3.05, 3.63) is 65.2 Å². The molecular formula is C21H30O2SSi. The second-order valence-electron chi connectivity index (χ2n) is 8.30. The Bertz CT molecular complexity index is 833. The van der Waals surface area contributed by atoms with E-state index < -0.39 is 22.7 Å². The maximum atomic E-state index is 13.5. The fourth-order valence-corrected chi connectivity index (χ4v) is 6.60. The summed E-state index contributed by atoms with van der Waals surface area (Å²) in [6, 6.07) is 16.3. The maximum Gasteiger partial charge on any atom is 0.187 e. The van der Waals surface area contributed by atoms with E-state index in [0.717, 1.165) is 17.2 Å². The lowest BCUT2D eigenvalue weighted by atomic mass is 9.93. The molecule has 4 heteroatoms. The van der Waals surface area contributed by atoms with Crippen LogP contribution >= 0.6 is 0 Å². The average molecular weight is 375 g/mol. The van der Waals surface area contributed by atoms with Crippen molar-refractivity contribution in [2.45, 2.75) is 62.5 Å². The van der Waals surface area contributed by atoms with E-state index in [0.29, 0.717) is 11.3 Å². The summed E-state index contributed by atoms with van der Waals surface area (Å²) >= 11 is 0. The van der Waals surface area contributed by atoms with E-state index in [-0.39, 0.29) is 0 Å². The maximum absolute atomic E-state index is 13.5. The largest absolute Gasteiger partial charge is 0.223 e. The van der Waals surface area contributed by atoms with Crippen molar-refractivity contribution in [2.24, 2.45) is 0 Å². The fraction of sp³-hybridized carbons (Fsp3) is 0.429. The molecule has 0 saturated carbocycles. The zero-order valence-electron chi connectivity index (χ0n) is 16.3. The summed E-state index contributed by atoms with van der Waals surface area (Å²) in [4.78, 5) is 0.408. The normalized spacial score (nSPS) is 15.0. The van der Waals surface area contributed by atoms with Gasteiger partial charge in [0.05, 0.1) is 9.64 Å². The molecular weight excluding hydrogens is 344 g/mol. The molecule has 0 radical (unpaired) electrons. The highest BCUT2D eigenvalue weighted by atomic mass is 32.2. The van der Waals surface area contributed by atoms with Crippen LogP contribution in [0.2, 0.25) is 19.6 Å². The lowest BCUT2D eigenvalue weighted by molar-refractivity contribution is 0.528. The van der Waals surface area contributed by atoms with Crippen molar-refractivity contribution in [3.63, 3.8) is 0 Å². The molecule has 1 atom stereocenters. The van der Waals surface area contributed by atoms with Crippen LogP contribution in [0.1, 0.15) is 37.0 Å². The first-order chi connectivity index (χ1) is 11.5. The SMILES string of the molecule is CCC(C)(c1ccccc1C[Si](C)(C)C)S(=O)(=O)c1ccc(C)cc1. The highest BCUT2D eigenvalue weighted by Gasteiger charge is 2.42. The van der Waals surface area contributed by atoms with Crippen LogP contribution in [0.3, 0.4) is 0 Å². The quantitative estimate of drug-likeness (QED) is 0.624. The molecule has 2 aromatic carbocycles. The molecule has 2 aromatic rings. The smallest absolute Gasteiger partial charge is 0.187 e. The highest BCUT2D eigenvalue weighted by molar-refractivity contribution is 7.92. The molecule has 0 N–H and O–H groups in total. The van der Waals surface area contributed by atoms with E-state index in [2.05, 4.69) is 25.7 Å². The Morgan fingerprint density at radius 1 is 0.960 bits per heavy atom. The van der Waals surface area contributed by atoms with E-state index in [4.69, 9.17) is 0 Å². The molecule has 2 nitrogen and oxygen atoms in total. The van der Waals surface area contributed by atoms with Gasteiger partial charge in [-0.15, -0.1) is 0 Å². The summed E-state index contributed by atoms with van der Waals surface area (Å²) in [5.74, 6) is 0. The molecule has 2 rings (SSSR count). The van der Waals surface area contributed by atoms with Gasteiger partial charge in [0.1, 0.15) is 0 Å². The number of benzene rings is 2. The summed E-state index contributed by atoms with van der Waals surface area (Å²) < 4.78 is 26.1. The van der Waals surface area contributed by atoms with Gasteiger partial charge in [-0.05, 0) is 49.6 Å². The van der Waals surface area contributed by atoms with Crippen molar-refractivity contribution >= 4 is 17.9 Å². The predicted octanol–water partition coefficient (Wildman–Crippen LogP) is 5.51. The predicted molar refractivity (Wildman–Crippen MR) is 109 cm³/mol. The third-order valence-corrected chi connectivity index (χ3v) is 8.94. The molecule has 0 bridgehead atoms. The zero-order valence-corrected chi connectivity index (χ0v) is 18.1. The second-order valence-corrected chi connectivity index (χ2v) is 16.1. The first-order valence-corrected chi connectivity index (χ1v) is 14.1. The molecule has 0 aliphatic rings. The molecule has 0 aliphatic carbocycles. The standard InChI is InChI=1S/C21H30O2SSi/c1-7-21(3,24(22,23)19-14-12-17(2)13-15-19)20-11-9-8-10-18(20)16-25(4,5)6/h8-15H,7,16H2,1-6H3. The van der Waals surface area contributed by atoms with Crippen LogP contribution < -0.4 is 0 Å². The van der Waals surface area contributed by atoms with Gasteiger partial charge in [-0.25, -0.2) is 8.42 Å². The second kappa shape index (κ2) is 7.08. The van der Waals surface area contributed by atoms with Gasteiger partial charge in [-0.3, -0.25) is 0 Å². The van der Waals surface area contributed by atoms with E-state index in [1.807, 2.05) is 51.1 Å². The van der Waals surface area contributed by atoms with Gasteiger partial charge in [0, 0.05) is 8.07 Å². The first-order valence-electron chi connectivity index (χ1n) is 8.91. The van der Waals surface area contributed by atoms with Crippen molar-refractivity contribution in [1.82, 2.24) is 0 Å². The molecule has 0 spiro atoms. The minimum absolute atomic E-state index is 0.408. The summed E-state index contributed by atoms with van der Waals surface area (Å²) in [6.07, 6.45) is 0.548. The molecule has 0 aliphatic heterocycles. The van der Waals surface area contributed by atoms with Gasteiger partial charge >= 0.3 is 0 Å². The molecule has 25 heavy (non-hydrogen) atoms. The van der Waals surface area contributed by atoms with Crippen LogP contribution in [0, 0.1) is 6.92 Å². The molecule has 1 unspecified atom stereocenters. The Kier molecular flexibility index (Phi) is 5.64. The Morgan fingerprint density at radius 2 is 1.52 bits per heavy atom. The Morgan fingerprint density at radius 3 is 2.04 bits per heavy atom. The van der Waals surface area contributed by atoms with Crippen LogP contribution in [0.15, 0.2) is 53.4 Å². The number of sulfone groups is 1. The van der Waals surface area contributed by atoms with Gasteiger partial charge in [-0.1, -0.05) is 68.5 Å². The van der Waals surface area contributed by atoms with Gasteiger partial charge < -0.3 is 0 Å². The van der Waals surface area contributed by atoms with E-state index in [1.54, 1.807) is 12.1 Å². The minimum Gasteiger partial charge on any atom is -0.223 e. The minimum atomic E-state index is -3.48. The van der Waals surface area contributed by atoms with Gasteiger partial charge in [0.2, 0.25) is 0 Å². The van der Waals surface area contributed by atoms with Crippen molar-refractivity contribution in [2.75, 3.05) is 0 Å². The van der Waals surface area contributed by atoms with Gasteiger partial charge in [0.25, 0.3) is 0 Å². The number of hydrogen-bond acceptors (Lipinski definition) is 2. The van der Waals surface area contributed by atoms with Crippen molar-refractivity contribution in [1.29, 1.82) is 0 Å². The summed E-state index contributed by atoms with van der Waals surface area (Å²) in [6.45, 7) is 12.8. The Balaban J connectivity index is 2.63. The fourth-order valence-electron chi connectivity index (χ4n) is 3.26. The van der Waals surface area contributed by atoms with Crippen LogP contribution in [0.4, 0.5) is 0 Å². The van der Waals surface area contributed by atoms with Gasteiger partial charge in [-0.2, -0.15) is 0 Å². The molecule has 0 aromatic heterocycles. The number of hydrogen-bond donors (Lipinski definition) is 0. The van der Waals surface area contributed by atoms with Crippen LogP contribution in [-0.2, 0) is 20.6 Å². The molecule has 0 heterocycles. The van der Waals surface area contributed by atoms with Crippen LogP contribution in [-0.4, -0.2) is 16.5 Å². The lowest BCUT2D eigenvalue weighted by Crippen LogP contribution is -2.35. The van der Waals surface area contributed by atoms with E-state index >= 15 is 0 Å². The Labute approximate surface area is 154 Å². The first kappa shape index (κ1) is 19.9. The monoisotopic (exact) mass is 374 g/mol. The van der Waals surface area contributed by atoms with Gasteiger partial charge in [0.15, 0.2) is 9.84 Å². The van der Waals surface area contributed by atoms with Crippen molar-refractivity contribution in [3.8, 4) is 0 Å². The van der Waals surface area contributed by atoms with E-state index in [1.165, 1.54) is 5.56 Å². The summed E-state index contributed by atoms with van der Waals surface area (Å²) in [5, 5.41) is 0. The molecule has 0 amide bonds. The van der Waals surface area contributed by atoms with E-state index in [9.17, 15) is 8.42 Å². The summed E-state index contributed by atoms with van der Waals surface area (Å²) in [5.41, 5.74) is 3.21. The Hall–Kier alpha value is -1.39. The third kappa shape index (κ3) is 4.06. The molecule has 136 valence electrons. The van der Waals surface area contributed by atoms with Crippen LogP contribution in [0.5, 0.6) is 0 Å². The zero-order chi connectivity index (χ0) is 18.9.